The summed E-state index contributed by atoms with van der Waals surface area (Å²) in [7, 11) is 0. The molecule has 0 aliphatic heterocycles. The Morgan fingerprint density at radius 1 is 1.60 bits per heavy atom. The van der Waals surface area contributed by atoms with Gasteiger partial charge in [0.1, 0.15) is 6.54 Å². The van der Waals surface area contributed by atoms with E-state index in [1.165, 1.54) is 4.68 Å². The van der Waals surface area contributed by atoms with Crippen LogP contribution in [0.5, 0.6) is 0 Å². The molecule has 0 aliphatic rings. The minimum absolute atomic E-state index is 0.0749. The predicted molar refractivity (Wildman–Crippen MR) is 55.2 cm³/mol. The Morgan fingerprint density at radius 2 is 2.33 bits per heavy atom. The molecule has 1 rings (SSSR count). The summed E-state index contributed by atoms with van der Waals surface area (Å²) in [5.74, 6) is -1.19. The van der Waals surface area contributed by atoms with E-state index in [1.807, 2.05) is 0 Å². The Bertz CT molecular complexity index is 364. The van der Waals surface area contributed by atoms with Crippen molar-refractivity contribution in [3.63, 3.8) is 0 Å². The van der Waals surface area contributed by atoms with Crippen LogP contribution in [0.15, 0.2) is 16.9 Å². The predicted octanol–water partition coefficient (Wildman–Crippen LogP) is 0.237. The van der Waals surface area contributed by atoms with Crippen LogP contribution < -0.4 is 5.32 Å². The number of amides is 1. The maximum Gasteiger partial charge on any atom is 0.305 e. The Kier molecular flexibility index (Phi) is 4.29. The summed E-state index contributed by atoms with van der Waals surface area (Å²) in [6.45, 7) is 0.224. The summed E-state index contributed by atoms with van der Waals surface area (Å²) in [6.07, 6.45) is 3.16. The highest BCUT2D eigenvalue weighted by Gasteiger charge is 2.04. The van der Waals surface area contributed by atoms with Crippen molar-refractivity contribution in [1.29, 1.82) is 0 Å². The Labute approximate surface area is 94.4 Å². The molecule has 0 aromatic carbocycles. The first-order valence-corrected chi connectivity index (χ1v) is 5.03. The average Bonchev–Trinajstić information content (AvgIpc) is 2.50. The molecule has 0 fully saturated rings. The zero-order valence-electron chi connectivity index (χ0n) is 7.81. The van der Waals surface area contributed by atoms with Gasteiger partial charge in [-0.2, -0.15) is 5.10 Å². The SMILES string of the molecule is O=C(O)CCNC(=O)Cn1cc(Br)cn1. The fourth-order valence-electron chi connectivity index (χ4n) is 0.937. The van der Waals surface area contributed by atoms with Crippen LogP contribution >= 0.6 is 15.9 Å². The molecule has 1 amide bonds. The molecule has 0 saturated heterocycles. The maximum atomic E-state index is 11.2. The van der Waals surface area contributed by atoms with E-state index in [-0.39, 0.29) is 25.4 Å². The number of carboxylic acids is 1. The summed E-state index contributed by atoms with van der Waals surface area (Å²) in [5, 5.41) is 14.7. The van der Waals surface area contributed by atoms with Gasteiger partial charge in [-0.15, -0.1) is 0 Å². The molecule has 6 nitrogen and oxygen atoms in total. The van der Waals surface area contributed by atoms with Gasteiger partial charge in [-0.25, -0.2) is 0 Å². The zero-order chi connectivity index (χ0) is 11.3. The molecule has 0 bridgehead atoms. The molecule has 0 aliphatic carbocycles. The summed E-state index contributed by atoms with van der Waals surface area (Å²) in [5.41, 5.74) is 0. The van der Waals surface area contributed by atoms with Gasteiger partial charge in [-0.1, -0.05) is 0 Å². The van der Waals surface area contributed by atoms with Crippen LogP contribution in [-0.2, 0) is 16.1 Å². The number of carboxylic acid groups (broad SMARTS) is 1. The van der Waals surface area contributed by atoms with Gasteiger partial charge in [0, 0.05) is 12.7 Å². The van der Waals surface area contributed by atoms with Crippen molar-refractivity contribution in [2.75, 3.05) is 6.54 Å². The van der Waals surface area contributed by atoms with E-state index in [0.29, 0.717) is 0 Å². The number of aromatic nitrogens is 2. The molecule has 0 spiro atoms. The summed E-state index contributed by atoms with van der Waals surface area (Å²) >= 11 is 3.20. The fraction of sp³-hybridized carbons (Fsp3) is 0.375. The number of carbonyl (C=O) groups excluding carboxylic acids is 1. The lowest BCUT2D eigenvalue weighted by Gasteiger charge is -2.02. The van der Waals surface area contributed by atoms with Gasteiger partial charge in [-0.3, -0.25) is 14.3 Å². The summed E-state index contributed by atoms with van der Waals surface area (Å²) < 4.78 is 2.25. The highest BCUT2D eigenvalue weighted by atomic mass is 79.9. The number of nitrogens with one attached hydrogen (secondary N) is 1. The van der Waals surface area contributed by atoms with Crippen LogP contribution in [0, 0.1) is 0 Å². The molecule has 82 valence electrons. The zero-order valence-corrected chi connectivity index (χ0v) is 9.40. The second-order valence-electron chi connectivity index (χ2n) is 2.85. The largest absolute Gasteiger partial charge is 0.481 e. The molecule has 1 aromatic heterocycles. The number of aliphatic carboxylic acids is 1. The van der Waals surface area contributed by atoms with E-state index in [4.69, 9.17) is 5.11 Å². The van der Waals surface area contributed by atoms with E-state index < -0.39 is 5.97 Å². The van der Waals surface area contributed by atoms with Crippen molar-refractivity contribution in [3.05, 3.63) is 16.9 Å². The van der Waals surface area contributed by atoms with Crippen molar-refractivity contribution < 1.29 is 14.7 Å². The lowest BCUT2D eigenvalue weighted by atomic mass is 10.4. The lowest BCUT2D eigenvalue weighted by Crippen LogP contribution is -2.29. The van der Waals surface area contributed by atoms with Crippen LogP contribution in [0.3, 0.4) is 0 Å². The number of carbonyl (C=O) groups is 2. The van der Waals surface area contributed by atoms with Gasteiger partial charge in [0.05, 0.1) is 17.1 Å². The maximum absolute atomic E-state index is 11.2. The number of hydrogen-bond acceptors (Lipinski definition) is 3. The Morgan fingerprint density at radius 3 is 2.87 bits per heavy atom. The van der Waals surface area contributed by atoms with Gasteiger partial charge in [-0.05, 0) is 15.9 Å². The molecule has 1 heterocycles. The highest BCUT2D eigenvalue weighted by Crippen LogP contribution is 2.05. The van der Waals surface area contributed by atoms with Crippen LogP contribution in [0.1, 0.15) is 6.42 Å². The normalized spacial score (nSPS) is 9.93. The third kappa shape index (κ3) is 4.59. The van der Waals surface area contributed by atoms with Crippen LogP contribution in [0.25, 0.3) is 0 Å². The van der Waals surface area contributed by atoms with Gasteiger partial charge >= 0.3 is 5.97 Å². The number of halogens is 1. The second kappa shape index (κ2) is 5.50. The van der Waals surface area contributed by atoms with Gasteiger partial charge < -0.3 is 10.4 Å². The number of nitrogens with zero attached hydrogens (tertiary/aromatic N) is 2. The van der Waals surface area contributed by atoms with Crippen LogP contribution in [0.4, 0.5) is 0 Å². The van der Waals surface area contributed by atoms with E-state index in [2.05, 4.69) is 26.3 Å². The van der Waals surface area contributed by atoms with E-state index in [9.17, 15) is 9.59 Å². The molecule has 0 unspecified atom stereocenters. The van der Waals surface area contributed by atoms with Crippen LogP contribution in [0.2, 0.25) is 0 Å². The molecule has 1 aromatic rings. The second-order valence-corrected chi connectivity index (χ2v) is 3.77. The molecule has 0 saturated carbocycles. The van der Waals surface area contributed by atoms with Gasteiger partial charge in [0.25, 0.3) is 0 Å². The number of hydrogen-bond donors (Lipinski definition) is 2. The highest BCUT2D eigenvalue weighted by molar-refractivity contribution is 9.10. The quantitative estimate of drug-likeness (QED) is 0.806. The minimum atomic E-state index is -0.933. The molecule has 0 radical (unpaired) electrons. The Hall–Kier alpha value is -1.37. The van der Waals surface area contributed by atoms with Crippen molar-refractivity contribution in [1.82, 2.24) is 15.1 Å². The standard InChI is InChI=1S/C8H10BrN3O3/c9-6-3-11-12(4-6)5-7(13)10-2-1-8(14)15/h3-4H,1-2,5H2,(H,10,13)(H,14,15). The summed E-state index contributed by atoms with van der Waals surface area (Å²) in [6, 6.07) is 0. The third-order valence-electron chi connectivity index (χ3n) is 1.57. The van der Waals surface area contributed by atoms with E-state index >= 15 is 0 Å². The topological polar surface area (TPSA) is 84.2 Å². The van der Waals surface area contributed by atoms with Crippen LogP contribution in [-0.4, -0.2) is 33.3 Å². The minimum Gasteiger partial charge on any atom is -0.481 e. The lowest BCUT2D eigenvalue weighted by molar-refractivity contribution is -0.136. The first-order valence-electron chi connectivity index (χ1n) is 4.24. The molecule has 2 N–H and O–H groups in total. The first kappa shape index (κ1) is 11.7. The van der Waals surface area contributed by atoms with Gasteiger partial charge in [0.2, 0.25) is 5.91 Å². The molecular formula is C8H10BrN3O3. The third-order valence-corrected chi connectivity index (χ3v) is 1.98. The number of rotatable bonds is 5. The van der Waals surface area contributed by atoms with Gasteiger partial charge in [0.15, 0.2) is 0 Å². The first-order chi connectivity index (χ1) is 7.08. The average molecular weight is 276 g/mol. The van der Waals surface area contributed by atoms with Crippen molar-refractivity contribution >= 4 is 27.8 Å². The summed E-state index contributed by atoms with van der Waals surface area (Å²) in [4.78, 5) is 21.4. The smallest absolute Gasteiger partial charge is 0.305 e. The van der Waals surface area contributed by atoms with E-state index in [1.54, 1.807) is 12.4 Å². The van der Waals surface area contributed by atoms with Crippen molar-refractivity contribution in [2.24, 2.45) is 0 Å². The molecule has 7 heteroatoms. The molecule has 0 atom stereocenters. The van der Waals surface area contributed by atoms with Crippen molar-refractivity contribution in [3.8, 4) is 0 Å². The molecule has 15 heavy (non-hydrogen) atoms. The fourth-order valence-corrected chi connectivity index (χ4v) is 1.26. The Balaban J connectivity index is 2.27. The monoisotopic (exact) mass is 275 g/mol. The van der Waals surface area contributed by atoms with Crippen molar-refractivity contribution in [2.45, 2.75) is 13.0 Å². The molecular weight excluding hydrogens is 266 g/mol. The van der Waals surface area contributed by atoms with E-state index in [0.717, 1.165) is 4.47 Å².